The molecule has 1 fully saturated rings. The van der Waals surface area contributed by atoms with E-state index in [9.17, 15) is 9.90 Å². The second kappa shape index (κ2) is 10.3. The van der Waals surface area contributed by atoms with E-state index in [-0.39, 0.29) is 25.1 Å². The van der Waals surface area contributed by atoms with Gasteiger partial charge in [0, 0.05) is 13.2 Å². The SMILES string of the molecule is COCOc1cc(OC)cc2c1C(=O)OCC/C=C\C(O)C1OC(C)(C)OC1CC=C2. The molecule has 8 nitrogen and oxygen atoms in total. The summed E-state index contributed by atoms with van der Waals surface area (Å²) in [6.07, 6.45) is 6.31. The number of methoxy groups -OCH3 is 2. The normalized spacial score (nSPS) is 26.9. The molecule has 1 saturated heterocycles. The van der Waals surface area contributed by atoms with Crippen LogP contribution >= 0.6 is 0 Å². The summed E-state index contributed by atoms with van der Waals surface area (Å²) in [5.74, 6) is -0.476. The Morgan fingerprint density at radius 3 is 2.74 bits per heavy atom. The van der Waals surface area contributed by atoms with E-state index in [2.05, 4.69) is 0 Å². The van der Waals surface area contributed by atoms with E-state index in [0.717, 1.165) is 0 Å². The number of aliphatic hydroxyl groups is 1. The van der Waals surface area contributed by atoms with Gasteiger partial charge in [0.15, 0.2) is 12.6 Å². The monoisotopic (exact) mass is 434 g/mol. The Balaban J connectivity index is 1.98. The number of cyclic esters (lactones) is 1. The number of benzene rings is 1. The molecule has 2 aliphatic heterocycles. The molecular formula is C23H30O8. The molecule has 3 atom stereocenters. The first-order valence-electron chi connectivity index (χ1n) is 10.2. The van der Waals surface area contributed by atoms with E-state index in [4.69, 9.17) is 28.4 Å². The van der Waals surface area contributed by atoms with Crippen LogP contribution in [0.3, 0.4) is 0 Å². The van der Waals surface area contributed by atoms with Crippen LogP contribution in [0.25, 0.3) is 6.08 Å². The first kappa shape index (κ1) is 23.3. The van der Waals surface area contributed by atoms with Crippen LogP contribution in [-0.4, -0.2) is 62.8 Å². The van der Waals surface area contributed by atoms with Crippen LogP contribution in [0.2, 0.25) is 0 Å². The van der Waals surface area contributed by atoms with Gasteiger partial charge in [-0.1, -0.05) is 24.3 Å². The molecule has 8 heteroatoms. The van der Waals surface area contributed by atoms with Crippen LogP contribution in [0.5, 0.6) is 11.5 Å². The summed E-state index contributed by atoms with van der Waals surface area (Å²) in [5, 5.41) is 10.5. The van der Waals surface area contributed by atoms with Crippen LogP contribution in [-0.2, 0) is 18.9 Å². The Morgan fingerprint density at radius 2 is 2.00 bits per heavy atom. The predicted molar refractivity (Wildman–Crippen MR) is 113 cm³/mol. The van der Waals surface area contributed by atoms with Crippen LogP contribution in [0.4, 0.5) is 0 Å². The van der Waals surface area contributed by atoms with Crippen molar-refractivity contribution < 1.29 is 38.3 Å². The van der Waals surface area contributed by atoms with E-state index in [1.54, 1.807) is 30.4 Å². The van der Waals surface area contributed by atoms with Gasteiger partial charge in [-0.05, 0) is 38.3 Å². The van der Waals surface area contributed by atoms with Crippen LogP contribution in [0.1, 0.15) is 42.6 Å². The van der Waals surface area contributed by atoms with E-state index in [1.165, 1.54) is 14.2 Å². The number of esters is 1. The maximum absolute atomic E-state index is 12.9. The van der Waals surface area contributed by atoms with Gasteiger partial charge in [-0.3, -0.25) is 0 Å². The van der Waals surface area contributed by atoms with Gasteiger partial charge in [0.2, 0.25) is 0 Å². The molecular weight excluding hydrogens is 404 g/mol. The fourth-order valence-electron chi connectivity index (χ4n) is 3.62. The summed E-state index contributed by atoms with van der Waals surface area (Å²) in [6, 6.07) is 3.36. The van der Waals surface area contributed by atoms with Crippen molar-refractivity contribution in [3.8, 4) is 11.5 Å². The molecule has 31 heavy (non-hydrogen) atoms. The van der Waals surface area contributed by atoms with Gasteiger partial charge in [0.25, 0.3) is 0 Å². The lowest BCUT2D eigenvalue weighted by Gasteiger charge is -2.20. The lowest BCUT2D eigenvalue weighted by molar-refractivity contribution is -0.152. The number of aliphatic hydroxyl groups excluding tert-OH is 1. The van der Waals surface area contributed by atoms with E-state index >= 15 is 0 Å². The Kier molecular flexibility index (Phi) is 7.72. The zero-order chi connectivity index (χ0) is 22.4. The third-order valence-corrected chi connectivity index (χ3v) is 4.95. The molecule has 1 aromatic carbocycles. The number of fused-ring (bicyclic) bond motifs is 2. The summed E-state index contributed by atoms with van der Waals surface area (Å²) < 4.78 is 33.3. The van der Waals surface area contributed by atoms with Crippen molar-refractivity contribution in [1.29, 1.82) is 0 Å². The van der Waals surface area contributed by atoms with Crippen molar-refractivity contribution in [3.63, 3.8) is 0 Å². The van der Waals surface area contributed by atoms with Gasteiger partial charge in [-0.25, -0.2) is 4.79 Å². The highest BCUT2D eigenvalue weighted by Gasteiger charge is 2.43. The van der Waals surface area contributed by atoms with Crippen molar-refractivity contribution in [3.05, 3.63) is 41.5 Å². The number of rotatable bonds is 4. The second-order valence-corrected chi connectivity index (χ2v) is 7.76. The van der Waals surface area contributed by atoms with Gasteiger partial charge in [0.1, 0.15) is 29.3 Å². The molecule has 0 spiro atoms. The highest BCUT2D eigenvalue weighted by molar-refractivity contribution is 5.97. The first-order chi connectivity index (χ1) is 14.8. The molecule has 1 N–H and O–H groups in total. The van der Waals surface area contributed by atoms with E-state index in [0.29, 0.717) is 29.9 Å². The smallest absolute Gasteiger partial charge is 0.342 e. The third kappa shape index (κ3) is 5.86. The maximum atomic E-state index is 12.9. The van der Waals surface area contributed by atoms with Crippen molar-refractivity contribution in [2.45, 2.75) is 50.8 Å². The molecule has 3 rings (SSSR count). The quantitative estimate of drug-likeness (QED) is 0.439. The zero-order valence-electron chi connectivity index (χ0n) is 18.3. The van der Waals surface area contributed by atoms with Gasteiger partial charge >= 0.3 is 5.97 Å². The molecule has 2 aliphatic rings. The lowest BCUT2D eigenvalue weighted by Crippen LogP contribution is -2.34. The first-order valence-corrected chi connectivity index (χ1v) is 10.2. The van der Waals surface area contributed by atoms with E-state index < -0.39 is 24.0 Å². The molecule has 170 valence electrons. The Labute approximate surface area is 182 Å². The third-order valence-electron chi connectivity index (χ3n) is 4.95. The zero-order valence-corrected chi connectivity index (χ0v) is 18.3. The molecule has 1 aromatic rings. The molecule has 3 unspecified atom stereocenters. The summed E-state index contributed by atoms with van der Waals surface area (Å²) in [4.78, 5) is 12.9. The molecule has 0 bridgehead atoms. The second-order valence-electron chi connectivity index (χ2n) is 7.76. The average molecular weight is 434 g/mol. The van der Waals surface area contributed by atoms with Crippen LogP contribution in [0, 0.1) is 0 Å². The predicted octanol–water partition coefficient (Wildman–Crippen LogP) is 3.08. The number of ether oxygens (including phenoxy) is 6. The average Bonchev–Trinajstić information content (AvgIpc) is 3.05. The molecule has 0 aliphatic carbocycles. The number of hydrogen-bond acceptors (Lipinski definition) is 8. The van der Waals surface area contributed by atoms with Crippen molar-refractivity contribution in [2.75, 3.05) is 27.6 Å². The van der Waals surface area contributed by atoms with E-state index in [1.807, 2.05) is 19.9 Å². The molecule has 0 saturated carbocycles. The minimum absolute atomic E-state index is 0.0265. The fraction of sp³-hybridized carbons (Fsp3) is 0.522. The Hall–Kier alpha value is -2.39. The minimum atomic E-state index is -0.833. The molecule has 0 aromatic heterocycles. The van der Waals surface area contributed by atoms with Crippen LogP contribution < -0.4 is 9.47 Å². The number of carbonyl (C=O) groups excluding carboxylic acids is 1. The van der Waals surface area contributed by atoms with Gasteiger partial charge in [0.05, 0.1) is 19.8 Å². The Morgan fingerprint density at radius 1 is 1.19 bits per heavy atom. The van der Waals surface area contributed by atoms with Gasteiger partial charge < -0.3 is 33.5 Å². The maximum Gasteiger partial charge on any atom is 0.342 e. The fourth-order valence-corrected chi connectivity index (χ4v) is 3.62. The minimum Gasteiger partial charge on any atom is -0.497 e. The summed E-state index contributed by atoms with van der Waals surface area (Å²) in [7, 11) is 3.04. The van der Waals surface area contributed by atoms with Crippen molar-refractivity contribution in [2.24, 2.45) is 0 Å². The summed E-state index contributed by atoms with van der Waals surface area (Å²) >= 11 is 0. The van der Waals surface area contributed by atoms with Gasteiger partial charge in [-0.2, -0.15) is 0 Å². The molecule has 0 amide bonds. The molecule has 0 radical (unpaired) electrons. The molecule has 2 heterocycles. The Bertz CT molecular complexity index is 829. The summed E-state index contributed by atoms with van der Waals surface area (Å²) in [6.45, 7) is 3.76. The topological polar surface area (TPSA) is 92.7 Å². The van der Waals surface area contributed by atoms with Gasteiger partial charge in [-0.15, -0.1) is 0 Å². The van der Waals surface area contributed by atoms with Crippen molar-refractivity contribution >= 4 is 12.0 Å². The highest BCUT2D eigenvalue weighted by atomic mass is 16.8. The summed E-state index contributed by atoms with van der Waals surface area (Å²) in [5.41, 5.74) is 0.869. The number of carbonyl (C=O) groups is 1. The highest BCUT2D eigenvalue weighted by Crippen LogP contribution is 2.34. The lowest BCUT2D eigenvalue weighted by atomic mass is 10.0. The largest absolute Gasteiger partial charge is 0.497 e. The standard InChI is InChI=1S/C23H30O8/c1-23(2)30-18-10-7-8-15-12-16(27-4)13-19(29-14-26-3)20(15)22(25)28-11-6-5-9-17(24)21(18)31-23/h5,7-9,12-13,17-18,21,24H,6,10-11,14H2,1-4H3/b8-7?,9-5-. The van der Waals surface area contributed by atoms with Crippen molar-refractivity contribution in [1.82, 2.24) is 0 Å². The van der Waals surface area contributed by atoms with Crippen LogP contribution in [0.15, 0.2) is 30.4 Å². The number of hydrogen-bond donors (Lipinski definition) is 1.